The molecule has 0 atom stereocenters. The maximum Gasteiger partial charge on any atom is 0.0921 e. The molecule has 0 saturated heterocycles. The number of hydrogen-bond acceptors (Lipinski definition) is 2. The Kier molecular flexibility index (Phi) is 4.66. The van der Waals surface area contributed by atoms with Crippen LogP contribution in [0.5, 0.6) is 0 Å². The second-order valence-corrected chi connectivity index (χ2v) is 5.79. The highest BCUT2D eigenvalue weighted by atomic mass is 16.6. The van der Waals surface area contributed by atoms with Gasteiger partial charge in [-0.25, -0.2) is 5.90 Å². The van der Waals surface area contributed by atoms with Crippen LogP contribution >= 0.6 is 0 Å². The Morgan fingerprint density at radius 2 is 1.25 bits per heavy atom. The summed E-state index contributed by atoms with van der Waals surface area (Å²) in [5.74, 6) is 6.42. The third kappa shape index (κ3) is 2.78. The topological polar surface area (TPSA) is 35.2 Å². The Labute approximate surface area is 99.9 Å². The zero-order chi connectivity index (χ0) is 11.3. The van der Waals surface area contributed by atoms with Crippen LogP contribution < -0.4 is 5.90 Å². The van der Waals surface area contributed by atoms with Gasteiger partial charge in [-0.15, -0.1) is 0 Å². The molecule has 0 aromatic heterocycles. The van der Waals surface area contributed by atoms with Gasteiger partial charge in [-0.3, -0.25) is 4.84 Å². The normalized spacial score (nSPS) is 28.3. The fraction of sp³-hybridized carbons (Fsp3) is 1.00. The van der Waals surface area contributed by atoms with Crippen molar-refractivity contribution in [3.05, 3.63) is 0 Å². The van der Waals surface area contributed by atoms with Crippen molar-refractivity contribution >= 4 is 0 Å². The molecule has 2 aliphatic carbocycles. The van der Waals surface area contributed by atoms with Crippen molar-refractivity contribution in [3.8, 4) is 0 Å². The van der Waals surface area contributed by atoms with Crippen LogP contribution in [-0.2, 0) is 4.84 Å². The van der Waals surface area contributed by atoms with E-state index < -0.39 is 0 Å². The second-order valence-electron chi connectivity index (χ2n) is 5.79. The van der Waals surface area contributed by atoms with Gasteiger partial charge in [0.25, 0.3) is 0 Å². The summed E-state index contributed by atoms with van der Waals surface area (Å²) in [6, 6.07) is 0. The predicted molar refractivity (Wildman–Crippen MR) is 66.9 cm³/mol. The maximum absolute atomic E-state index is 5.69. The van der Waals surface area contributed by atoms with Crippen molar-refractivity contribution in [2.75, 3.05) is 0 Å². The van der Waals surface area contributed by atoms with E-state index in [4.69, 9.17) is 10.7 Å². The standard InChI is InChI=1S/C14H27NO/c15-16-14(11-7-3-4-8-12-14)13-9-5-1-2-6-10-13/h13H,1-12,15H2. The van der Waals surface area contributed by atoms with Crippen molar-refractivity contribution in [2.24, 2.45) is 11.8 Å². The van der Waals surface area contributed by atoms with Crippen LogP contribution in [-0.4, -0.2) is 5.60 Å². The highest BCUT2D eigenvalue weighted by Crippen LogP contribution is 2.41. The molecular weight excluding hydrogens is 198 g/mol. The Hall–Kier alpha value is -0.0800. The second kappa shape index (κ2) is 6.02. The minimum atomic E-state index is 0.0425. The van der Waals surface area contributed by atoms with E-state index in [9.17, 15) is 0 Å². The SMILES string of the molecule is NOC1(C2CCCCCC2)CCCCCC1. The molecular formula is C14H27NO. The van der Waals surface area contributed by atoms with Gasteiger partial charge in [-0.1, -0.05) is 51.4 Å². The van der Waals surface area contributed by atoms with Gasteiger partial charge in [0.2, 0.25) is 0 Å². The molecule has 0 radical (unpaired) electrons. The molecule has 0 heterocycles. The third-order valence-corrected chi connectivity index (χ3v) is 4.78. The molecule has 94 valence electrons. The van der Waals surface area contributed by atoms with E-state index in [1.54, 1.807) is 0 Å². The van der Waals surface area contributed by atoms with E-state index in [0.717, 1.165) is 5.92 Å². The van der Waals surface area contributed by atoms with E-state index in [1.165, 1.54) is 77.0 Å². The van der Waals surface area contributed by atoms with Gasteiger partial charge in [0.1, 0.15) is 0 Å². The van der Waals surface area contributed by atoms with Gasteiger partial charge < -0.3 is 0 Å². The van der Waals surface area contributed by atoms with E-state index in [2.05, 4.69) is 0 Å². The number of nitrogens with two attached hydrogens (primary N) is 1. The Bertz CT molecular complexity index is 189. The van der Waals surface area contributed by atoms with Crippen molar-refractivity contribution in [1.29, 1.82) is 0 Å². The van der Waals surface area contributed by atoms with E-state index >= 15 is 0 Å². The van der Waals surface area contributed by atoms with Gasteiger partial charge >= 0.3 is 0 Å². The first kappa shape index (κ1) is 12.4. The maximum atomic E-state index is 5.69. The molecule has 0 bridgehead atoms. The Morgan fingerprint density at radius 1 is 0.750 bits per heavy atom. The number of hydrogen-bond donors (Lipinski definition) is 1. The summed E-state index contributed by atoms with van der Waals surface area (Å²) in [5.41, 5.74) is 0.0425. The third-order valence-electron chi connectivity index (χ3n) is 4.78. The van der Waals surface area contributed by atoms with E-state index in [-0.39, 0.29) is 5.60 Å². The lowest BCUT2D eigenvalue weighted by Crippen LogP contribution is -2.42. The lowest BCUT2D eigenvalue weighted by atomic mass is 9.77. The summed E-state index contributed by atoms with van der Waals surface area (Å²) in [5, 5.41) is 0. The fourth-order valence-electron chi connectivity index (χ4n) is 3.75. The molecule has 2 fully saturated rings. The van der Waals surface area contributed by atoms with Crippen LogP contribution in [0.25, 0.3) is 0 Å². The van der Waals surface area contributed by atoms with E-state index in [0.29, 0.717) is 0 Å². The largest absolute Gasteiger partial charge is 0.298 e. The van der Waals surface area contributed by atoms with Gasteiger partial charge in [0, 0.05) is 0 Å². The highest BCUT2D eigenvalue weighted by molar-refractivity contribution is 4.90. The smallest absolute Gasteiger partial charge is 0.0921 e. The zero-order valence-corrected chi connectivity index (χ0v) is 10.5. The quantitative estimate of drug-likeness (QED) is 0.570. The van der Waals surface area contributed by atoms with Crippen LogP contribution in [0.4, 0.5) is 0 Å². The molecule has 2 heteroatoms. The molecule has 2 saturated carbocycles. The van der Waals surface area contributed by atoms with Crippen molar-refractivity contribution in [1.82, 2.24) is 0 Å². The summed E-state index contributed by atoms with van der Waals surface area (Å²) in [7, 11) is 0. The summed E-state index contributed by atoms with van der Waals surface area (Å²) in [4.78, 5) is 5.55. The average Bonchev–Trinajstić information content (AvgIpc) is 2.72. The van der Waals surface area contributed by atoms with Gasteiger partial charge in [-0.05, 0) is 31.6 Å². The summed E-state index contributed by atoms with van der Waals surface area (Å²) >= 11 is 0. The van der Waals surface area contributed by atoms with Crippen molar-refractivity contribution in [2.45, 2.75) is 82.7 Å². The first-order valence-electron chi connectivity index (χ1n) is 7.25. The molecule has 0 aromatic rings. The minimum absolute atomic E-state index is 0.0425. The molecule has 0 amide bonds. The molecule has 0 aliphatic heterocycles. The predicted octanol–water partition coefficient (Wildman–Crippen LogP) is 3.94. The molecule has 2 nitrogen and oxygen atoms in total. The number of rotatable bonds is 2. The fourth-order valence-corrected chi connectivity index (χ4v) is 3.75. The molecule has 0 aromatic carbocycles. The molecule has 0 unspecified atom stereocenters. The monoisotopic (exact) mass is 225 g/mol. The zero-order valence-electron chi connectivity index (χ0n) is 10.5. The van der Waals surface area contributed by atoms with Crippen LogP contribution in [0.3, 0.4) is 0 Å². The highest BCUT2D eigenvalue weighted by Gasteiger charge is 2.39. The first-order valence-corrected chi connectivity index (χ1v) is 7.25. The first-order chi connectivity index (χ1) is 7.87. The molecule has 2 aliphatic rings. The van der Waals surface area contributed by atoms with E-state index in [1.807, 2.05) is 0 Å². The average molecular weight is 225 g/mol. The Balaban J connectivity index is 2.04. The van der Waals surface area contributed by atoms with Crippen molar-refractivity contribution < 1.29 is 4.84 Å². The minimum Gasteiger partial charge on any atom is -0.298 e. The van der Waals surface area contributed by atoms with Gasteiger partial charge in [0.05, 0.1) is 5.60 Å². The summed E-state index contributed by atoms with van der Waals surface area (Å²) in [6.45, 7) is 0. The molecule has 16 heavy (non-hydrogen) atoms. The lowest BCUT2D eigenvalue weighted by Gasteiger charge is -2.38. The lowest BCUT2D eigenvalue weighted by molar-refractivity contribution is -0.104. The molecule has 0 spiro atoms. The summed E-state index contributed by atoms with van der Waals surface area (Å²) in [6.07, 6.45) is 16.1. The van der Waals surface area contributed by atoms with Gasteiger partial charge in [0.15, 0.2) is 0 Å². The van der Waals surface area contributed by atoms with Gasteiger partial charge in [-0.2, -0.15) is 0 Å². The Morgan fingerprint density at radius 3 is 1.75 bits per heavy atom. The van der Waals surface area contributed by atoms with Crippen molar-refractivity contribution in [3.63, 3.8) is 0 Å². The van der Waals surface area contributed by atoms with Crippen LogP contribution in [0, 0.1) is 5.92 Å². The van der Waals surface area contributed by atoms with Crippen LogP contribution in [0.2, 0.25) is 0 Å². The molecule has 2 N–H and O–H groups in total. The van der Waals surface area contributed by atoms with Crippen LogP contribution in [0.15, 0.2) is 0 Å². The van der Waals surface area contributed by atoms with Crippen LogP contribution in [0.1, 0.15) is 77.0 Å². The molecule has 2 rings (SSSR count). The summed E-state index contributed by atoms with van der Waals surface area (Å²) < 4.78 is 0.